The average Bonchev–Trinajstić information content (AvgIpc) is 2.42. The predicted octanol–water partition coefficient (Wildman–Crippen LogP) is 3.92. The summed E-state index contributed by atoms with van der Waals surface area (Å²) in [5.74, 6) is -0.305. The summed E-state index contributed by atoms with van der Waals surface area (Å²) in [4.78, 5) is 12.2. The van der Waals surface area contributed by atoms with Crippen molar-refractivity contribution < 1.29 is 4.79 Å². The van der Waals surface area contributed by atoms with Crippen LogP contribution in [-0.4, -0.2) is 5.91 Å². The van der Waals surface area contributed by atoms with E-state index in [2.05, 4.69) is 37.2 Å². The second-order valence-electron chi connectivity index (χ2n) is 3.99. The maximum absolute atomic E-state index is 12.2. The molecule has 3 N–H and O–H groups in total. The van der Waals surface area contributed by atoms with Gasteiger partial charge in [-0.25, -0.2) is 0 Å². The van der Waals surface area contributed by atoms with E-state index in [0.717, 1.165) is 4.47 Å². The van der Waals surface area contributed by atoms with Crippen molar-refractivity contribution in [1.82, 2.24) is 0 Å². The fourth-order valence-corrected chi connectivity index (χ4v) is 2.32. The first-order chi connectivity index (χ1) is 9.51. The van der Waals surface area contributed by atoms with Crippen LogP contribution in [0.3, 0.4) is 0 Å². The first kappa shape index (κ1) is 14.6. The minimum atomic E-state index is -0.305. The largest absolute Gasteiger partial charge is 0.398 e. The number of nitrogens with two attached hydrogens (primary N) is 1. The number of anilines is 2. The summed E-state index contributed by atoms with van der Waals surface area (Å²) in [6.07, 6.45) is 0. The van der Waals surface area contributed by atoms with Gasteiger partial charge in [0.1, 0.15) is 6.07 Å². The Labute approximate surface area is 132 Å². The molecule has 0 fully saturated rings. The van der Waals surface area contributed by atoms with Crippen LogP contribution in [0, 0.1) is 11.3 Å². The summed E-state index contributed by atoms with van der Waals surface area (Å²) in [6.45, 7) is 0. The average molecular weight is 395 g/mol. The van der Waals surface area contributed by atoms with Crippen molar-refractivity contribution in [3.63, 3.8) is 0 Å². The number of halogens is 2. The Bertz CT molecular complexity index is 723. The number of carbonyl (C=O) groups is 1. The molecule has 20 heavy (non-hydrogen) atoms. The van der Waals surface area contributed by atoms with Crippen molar-refractivity contribution in [3.05, 3.63) is 56.5 Å². The van der Waals surface area contributed by atoms with E-state index < -0.39 is 0 Å². The molecule has 2 aromatic carbocycles. The van der Waals surface area contributed by atoms with Crippen molar-refractivity contribution in [2.45, 2.75) is 0 Å². The number of nitrogens with zero attached hydrogens (tertiary/aromatic N) is 1. The minimum absolute atomic E-state index is 0.305. The van der Waals surface area contributed by atoms with Crippen LogP contribution >= 0.6 is 31.9 Å². The molecule has 100 valence electrons. The Kier molecular flexibility index (Phi) is 4.42. The number of nitrogens with one attached hydrogen (secondary N) is 1. The van der Waals surface area contributed by atoms with E-state index in [1.807, 2.05) is 6.07 Å². The van der Waals surface area contributed by atoms with E-state index in [9.17, 15) is 4.79 Å². The number of carbonyl (C=O) groups excluding carboxylic acids is 1. The topological polar surface area (TPSA) is 78.9 Å². The number of hydrogen-bond donors (Lipinski definition) is 2. The van der Waals surface area contributed by atoms with Crippen LogP contribution in [0.4, 0.5) is 11.4 Å². The molecule has 4 nitrogen and oxygen atoms in total. The first-order valence-corrected chi connectivity index (χ1v) is 7.16. The number of amides is 1. The van der Waals surface area contributed by atoms with Crippen molar-refractivity contribution in [2.75, 3.05) is 11.1 Å². The summed E-state index contributed by atoms with van der Waals surface area (Å²) in [5.41, 5.74) is 7.55. The van der Waals surface area contributed by atoms with E-state index in [1.54, 1.807) is 36.4 Å². The second kappa shape index (κ2) is 6.07. The van der Waals surface area contributed by atoms with Crippen LogP contribution in [0.5, 0.6) is 0 Å². The normalized spacial score (nSPS) is 9.85. The van der Waals surface area contributed by atoms with Gasteiger partial charge in [0.15, 0.2) is 0 Å². The second-order valence-corrected chi connectivity index (χ2v) is 5.76. The molecule has 0 saturated carbocycles. The van der Waals surface area contributed by atoms with Gasteiger partial charge in [-0.2, -0.15) is 5.26 Å². The molecule has 0 atom stereocenters. The van der Waals surface area contributed by atoms with Crippen LogP contribution < -0.4 is 11.1 Å². The van der Waals surface area contributed by atoms with E-state index >= 15 is 0 Å². The van der Waals surface area contributed by atoms with Gasteiger partial charge in [0, 0.05) is 20.2 Å². The predicted molar refractivity (Wildman–Crippen MR) is 85.4 cm³/mol. The molecule has 0 saturated heterocycles. The molecule has 0 aromatic heterocycles. The van der Waals surface area contributed by atoms with Crippen molar-refractivity contribution in [1.29, 1.82) is 5.26 Å². The van der Waals surface area contributed by atoms with E-state index in [1.165, 1.54) is 0 Å². The summed E-state index contributed by atoms with van der Waals surface area (Å²) < 4.78 is 1.44. The highest BCUT2D eigenvalue weighted by Crippen LogP contribution is 2.23. The maximum Gasteiger partial charge on any atom is 0.255 e. The zero-order chi connectivity index (χ0) is 14.7. The summed E-state index contributed by atoms with van der Waals surface area (Å²) in [6, 6.07) is 12.0. The van der Waals surface area contributed by atoms with Gasteiger partial charge in [-0.3, -0.25) is 4.79 Å². The number of nitriles is 1. The lowest BCUT2D eigenvalue weighted by Gasteiger charge is -2.08. The van der Waals surface area contributed by atoms with Crippen LogP contribution in [0.15, 0.2) is 45.3 Å². The molecule has 0 aliphatic carbocycles. The summed E-state index contributed by atoms with van der Waals surface area (Å²) in [7, 11) is 0. The lowest BCUT2D eigenvalue weighted by molar-refractivity contribution is 0.102. The fraction of sp³-hybridized carbons (Fsp3) is 0. The molecule has 1 amide bonds. The highest BCUT2D eigenvalue weighted by atomic mass is 79.9. The molecule has 0 bridgehead atoms. The molecule has 2 aromatic rings. The first-order valence-electron chi connectivity index (χ1n) is 5.57. The van der Waals surface area contributed by atoms with E-state index in [-0.39, 0.29) is 5.91 Å². The Morgan fingerprint density at radius 2 is 1.95 bits per heavy atom. The molecule has 0 spiro atoms. The quantitative estimate of drug-likeness (QED) is 0.757. The minimum Gasteiger partial charge on any atom is -0.398 e. The Morgan fingerprint density at radius 3 is 2.60 bits per heavy atom. The van der Waals surface area contributed by atoms with Crippen LogP contribution in [-0.2, 0) is 0 Å². The van der Waals surface area contributed by atoms with Gasteiger partial charge in [-0.05, 0) is 52.3 Å². The standard InChI is InChI=1S/C14H9Br2N3O/c15-10-3-1-9(7-17)13(6-10)19-14(20)8-2-4-12(18)11(16)5-8/h1-6H,18H2,(H,19,20). The van der Waals surface area contributed by atoms with Gasteiger partial charge in [0.2, 0.25) is 0 Å². The maximum atomic E-state index is 12.2. The van der Waals surface area contributed by atoms with Crippen LogP contribution in [0.25, 0.3) is 0 Å². The van der Waals surface area contributed by atoms with Gasteiger partial charge < -0.3 is 11.1 Å². The van der Waals surface area contributed by atoms with Crippen LogP contribution in [0.1, 0.15) is 15.9 Å². The zero-order valence-electron chi connectivity index (χ0n) is 10.2. The van der Waals surface area contributed by atoms with Gasteiger partial charge in [0.25, 0.3) is 5.91 Å². The van der Waals surface area contributed by atoms with Crippen molar-refractivity contribution in [2.24, 2.45) is 0 Å². The van der Waals surface area contributed by atoms with E-state index in [4.69, 9.17) is 11.0 Å². The third-order valence-corrected chi connectivity index (χ3v) is 3.79. The third-order valence-electron chi connectivity index (χ3n) is 2.61. The molecule has 0 heterocycles. The Morgan fingerprint density at radius 1 is 1.20 bits per heavy atom. The zero-order valence-corrected chi connectivity index (χ0v) is 13.3. The molecule has 2 rings (SSSR count). The van der Waals surface area contributed by atoms with Crippen molar-refractivity contribution >= 4 is 49.1 Å². The lowest BCUT2D eigenvalue weighted by Crippen LogP contribution is -2.13. The number of benzene rings is 2. The third kappa shape index (κ3) is 3.18. The monoisotopic (exact) mass is 393 g/mol. The van der Waals surface area contributed by atoms with Gasteiger partial charge in [0.05, 0.1) is 11.3 Å². The number of hydrogen-bond acceptors (Lipinski definition) is 3. The molecule has 0 aliphatic heterocycles. The Balaban J connectivity index is 2.30. The number of rotatable bonds is 2. The Hall–Kier alpha value is -1.84. The summed E-state index contributed by atoms with van der Waals surface area (Å²) in [5, 5.41) is 11.7. The van der Waals surface area contributed by atoms with E-state index in [0.29, 0.717) is 27.0 Å². The summed E-state index contributed by atoms with van der Waals surface area (Å²) >= 11 is 6.58. The SMILES string of the molecule is N#Cc1ccc(Br)cc1NC(=O)c1ccc(N)c(Br)c1. The van der Waals surface area contributed by atoms with Gasteiger partial charge >= 0.3 is 0 Å². The van der Waals surface area contributed by atoms with Gasteiger partial charge in [-0.15, -0.1) is 0 Å². The molecular weight excluding hydrogens is 386 g/mol. The molecule has 0 radical (unpaired) electrons. The number of nitrogen functional groups attached to an aromatic ring is 1. The van der Waals surface area contributed by atoms with Crippen molar-refractivity contribution in [3.8, 4) is 6.07 Å². The van der Waals surface area contributed by atoms with Crippen LogP contribution in [0.2, 0.25) is 0 Å². The smallest absolute Gasteiger partial charge is 0.255 e. The lowest BCUT2D eigenvalue weighted by atomic mass is 10.1. The molecule has 0 aliphatic rings. The van der Waals surface area contributed by atoms with Gasteiger partial charge in [-0.1, -0.05) is 15.9 Å². The molecule has 0 unspecified atom stereocenters. The molecule has 6 heteroatoms. The molecular formula is C14H9Br2N3O. The highest BCUT2D eigenvalue weighted by Gasteiger charge is 2.11. The highest BCUT2D eigenvalue weighted by molar-refractivity contribution is 9.10. The fourth-order valence-electron chi connectivity index (χ4n) is 1.58.